The summed E-state index contributed by atoms with van der Waals surface area (Å²) >= 11 is 0. The maximum atomic E-state index is 5.36. The highest BCUT2D eigenvalue weighted by Crippen LogP contribution is 2.28. The number of aliphatic imine (C=N–C) groups is 1. The van der Waals surface area contributed by atoms with E-state index in [2.05, 4.69) is 40.6 Å². The van der Waals surface area contributed by atoms with Gasteiger partial charge in [0.05, 0.1) is 0 Å². The quantitative estimate of drug-likeness (QED) is 0.290. The Morgan fingerprint density at radius 1 is 1.30 bits per heavy atom. The van der Waals surface area contributed by atoms with Crippen LogP contribution in [-0.2, 0) is 6.42 Å². The molecular formula is C18H26IN3O. The van der Waals surface area contributed by atoms with Crippen LogP contribution in [0.2, 0.25) is 0 Å². The lowest BCUT2D eigenvalue weighted by molar-refractivity contribution is 0.370. The summed E-state index contributed by atoms with van der Waals surface area (Å²) in [4.78, 5) is 4.61. The molecule has 0 aromatic heterocycles. The third-order valence-corrected chi connectivity index (χ3v) is 3.50. The highest BCUT2D eigenvalue weighted by atomic mass is 127. The van der Waals surface area contributed by atoms with Gasteiger partial charge in [-0.05, 0) is 49.8 Å². The summed E-state index contributed by atoms with van der Waals surface area (Å²) in [6.45, 7) is 5.09. The average molecular weight is 427 g/mol. The van der Waals surface area contributed by atoms with E-state index in [-0.39, 0.29) is 24.0 Å². The molecule has 1 saturated carbocycles. The van der Waals surface area contributed by atoms with E-state index in [4.69, 9.17) is 11.2 Å². The zero-order valence-electron chi connectivity index (χ0n) is 13.7. The van der Waals surface area contributed by atoms with E-state index >= 15 is 0 Å². The Morgan fingerprint density at radius 2 is 2.04 bits per heavy atom. The predicted molar refractivity (Wildman–Crippen MR) is 107 cm³/mol. The first-order valence-corrected chi connectivity index (χ1v) is 7.99. The zero-order valence-corrected chi connectivity index (χ0v) is 16.0. The lowest BCUT2D eigenvalue weighted by Gasteiger charge is -2.11. The minimum atomic E-state index is 0. The fraction of sp³-hybridized carbons (Fsp3) is 0.500. The maximum absolute atomic E-state index is 5.36. The molecular weight excluding hydrogens is 401 g/mol. The Kier molecular flexibility index (Phi) is 9.53. The second kappa shape index (κ2) is 11.2. The van der Waals surface area contributed by atoms with Crippen LogP contribution in [0.4, 0.5) is 0 Å². The Balaban J connectivity index is 0.00000264. The number of halogens is 1. The van der Waals surface area contributed by atoms with Gasteiger partial charge in [-0.3, -0.25) is 4.99 Å². The molecule has 126 valence electrons. The number of terminal acetylenes is 1. The molecule has 2 rings (SSSR count). The summed E-state index contributed by atoms with van der Waals surface area (Å²) in [6, 6.07) is 8.06. The molecule has 0 unspecified atom stereocenters. The van der Waals surface area contributed by atoms with Crippen LogP contribution >= 0.6 is 24.0 Å². The van der Waals surface area contributed by atoms with Crippen LogP contribution in [0.1, 0.15) is 25.3 Å². The van der Waals surface area contributed by atoms with E-state index in [1.165, 1.54) is 18.4 Å². The number of hydrogen-bond acceptors (Lipinski definition) is 2. The lowest BCUT2D eigenvalue weighted by Crippen LogP contribution is -2.38. The van der Waals surface area contributed by atoms with Gasteiger partial charge >= 0.3 is 0 Å². The van der Waals surface area contributed by atoms with Gasteiger partial charge in [-0.2, -0.15) is 0 Å². The van der Waals surface area contributed by atoms with Crippen LogP contribution in [0.25, 0.3) is 0 Å². The third kappa shape index (κ3) is 8.12. The summed E-state index contributed by atoms with van der Waals surface area (Å²) in [6.07, 6.45) is 8.78. The first-order chi connectivity index (χ1) is 10.8. The summed E-state index contributed by atoms with van der Waals surface area (Å²) in [5.74, 6) is 5.01. The van der Waals surface area contributed by atoms with Crippen LogP contribution in [0.15, 0.2) is 29.3 Å². The fourth-order valence-corrected chi connectivity index (χ4v) is 2.07. The number of nitrogens with one attached hydrogen (secondary N) is 2. The minimum absolute atomic E-state index is 0. The SMILES string of the molecule is C#CCOc1ccc(CCNC(=NCC2CC2)NCC)cc1.I. The van der Waals surface area contributed by atoms with Gasteiger partial charge in [0, 0.05) is 19.6 Å². The summed E-state index contributed by atoms with van der Waals surface area (Å²) in [5.41, 5.74) is 1.26. The predicted octanol–water partition coefficient (Wildman–Crippen LogP) is 2.82. The summed E-state index contributed by atoms with van der Waals surface area (Å²) in [5, 5.41) is 6.67. The number of nitrogens with zero attached hydrogens (tertiary/aromatic N) is 1. The third-order valence-electron chi connectivity index (χ3n) is 3.50. The Bertz CT molecular complexity index is 518. The van der Waals surface area contributed by atoms with Gasteiger partial charge < -0.3 is 15.4 Å². The normalized spacial score (nSPS) is 13.7. The van der Waals surface area contributed by atoms with Crippen LogP contribution in [0.3, 0.4) is 0 Å². The number of hydrogen-bond donors (Lipinski definition) is 2. The van der Waals surface area contributed by atoms with E-state index in [9.17, 15) is 0 Å². The number of rotatable bonds is 8. The molecule has 5 heteroatoms. The second-order valence-electron chi connectivity index (χ2n) is 5.48. The van der Waals surface area contributed by atoms with Gasteiger partial charge in [0.2, 0.25) is 0 Å². The highest BCUT2D eigenvalue weighted by molar-refractivity contribution is 14.0. The second-order valence-corrected chi connectivity index (χ2v) is 5.48. The first-order valence-electron chi connectivity index (χ1n) is 7.99. The standard InChI is InChI=1S/C18H25N3O.HI/c1-3-13-22-17-9-7-15(8-10-17)11-12-20-18(19-4-2)21-14-16-5-6-16;/h1,7-10,16H,4-6,11-14H2,2H3,(H2,19,20,21);1H. The molecule has 1 aromatic carbocycles. The molecule has 1 aliphatic rings. The average Bonchev–Trinajstić information content (AvgIpc) is 3.36. The monoisotopic (exact) mass is 427 g/mol. The molecule has 1 aromatic rings. The molecule has 0 atom stereocenters. The molecule has 0 spiro atoms. The zero-order chi connectivity index (χ0) is 15.6. The van der Waals surface area contributed by atoms with Crippen molar-refractivity contribution in [3.05, 3.63) is 29.8 Å². The van der Waals surface area contributed by atoms with Crippen molar-refractivity contribution in [2.45, 2.75) is 26.2 Å². The van der Waals surface area contributed by atoms with Gasteiger partial charge in [-0.15, -0.1) is 30.4 Å². The van der Waals surface area contributed by atoms with Crippen molar-refractivity contribution in [1.29, 1.82) is 0 Å². The van der Waals surface area contributed by atoms with Crippen molar-refractivity contribution in [2.24, 2.45) is 10.9 Å². The van der Waals surface area contributed by atoms with Gasteiger partial charge in [-0.1, -0.05) is 18.1 Å². The molecule has 2 N–H and O–H groups in total. The molecule has 4 nitrogen and oxygen atoms in total. The van der Waals surface area contributed by atoms with Crippen molar-refractivity contribution in [1.82, 2.24) is 10.6 Å². The number of ether oxygens (including phenoxy) is 1. The molecule has 0 saturated heterocycles. The lowest BCUT2D eigenvalue weighted by atomic mass is 10.1. The van der Waals surface area contributed by atoms with Crippen molar-refractivity contribution in [2.75, 3.05) is 26.2 Å². The molecule has 23 heavy (non-hydrogen) atoms. The molecule has 0 aliphatic heterocycles. The van der Waals surface area contributed by atoms with Crippen LogP contribution in [0, 0.1) is 18.3 Å². The van der Waals surface area contributed by atoms with Crippen LogP contribution in [-0.4, -0.2) is 32.2 Å². The van der Waals surface area contributed by atoms with Gasteiger partial charge in [-0.25, -0.2) is 0 Å². The Hall–Kier alpha value is -1.42. The fourth-order valence-electron chi connectivity index (χ4n) is 2.07. The smallest absolute Gasteiger partial charge is 0.191 e. The van der Waals surface area contributed by atoms with E-state index < -0.39 is 0 Å². The molecule has 0 amide bonds. The maximum Gasteiger partial charge on any atom is 0.191 e. The van der Waals surface area contributed by atoms with E-state index in [1.807, 2.05) is 12.1 Å². The van der Waals surface area contributed by atoms with E-state index in [0.717, 1.165) is 43.7 Å². The molecule has 0 heterocycles. The molecule has 1 aliphatic carbocycles. The van der Waals surface area contributed by atoms with E-state index in [1.54, 1.807) is 0 Å². The van der Waals surface area contributed by atoms with Gasteiger partial charge in [0.15, 0.2) is 5.96 Å². The number of benzene rings is 1. The Morgan fingerprint density at radius 3 is 2.65 bits per heavy atom. The van der Waals surface area contributed by atoms with Crippen molar-refractivity contribution < 1.29 is 4.74 Å². The van der Waals surface area contributed by atoms with Crippen molar-refractivity contribution in [3.8, 4) is 18.1 Å². The van der Waals surface area contributed by atoms with E-state index in [0.29, 0.717) is 6.61 Å². The molecule has 0 radical (unpaired) electrons. The van der Waals surface area contributed by atoms with Crippen molar-refractivity contribution >= 4 is 29.9 Å². The van der Waals surface area contributed by atoms with Crippen LogP contribution < -0.4 is 15.4 Å². The summed E-state index contributed by atoms with van der Waals surface area (Å²) < 4.78 is 5.36. The summed E-state index contributed by atoms with van der Waals surface area (Å²) in [7, 11) is 0. The largest absolute Gasteiger partial charge is 0.481 e. The van der Waals surface area contributed by atoms with Crippen molar-refractivity contribution in [3.63, 3.8) is 0 Å². The first kappa shape index (κ1) is 19.6. The minimum Gasteiger partial charge on any atom is -0.481 e. The molecule has 1 fully saturated rings. The van der Waals surface area contributed by atoms with Gasteiger partial charge in [0.1, 0.15) is 12.4 Å². The molecule has 0 bridgehead atoms. The Labute approximate surface area is 156 Å². The van der Waals surface area contributed by atoms with Crippen LogP contribution in [0.5, 0.6) is 5.75 Å². The highest BCUT2D eigenvalue weighted by Gasteiger charge is 2.20. The van der Waals surface area contributed by atoms with Gasteiger partial charge in [0.25, 0.3) is 0 Å². The number of guanidine groups is 1. The topological polar surface area (TPSA) is 45.6 Å².